The zero-order valence-corrected chi connectivity index (χ0v) is 7.59. The van der Waals surface area contributed by atoms with Crippen molar-refractivity contribution in [2.75, 3.05) is 19.1 Å². The van der Waals surface area contributed by atoms with E-state index in [4.69, 9.17) is 5.11 Å². The van der Waals surface area contributed by atoms with Gasteiger partial charge in [-0.2, -0.15) is 0 Å². The van der Waals surface area contributed by atoms with Gasteiger partial charge in [0, 0.05) is 5.75 Å². The monoisotopic (exact) mass is 181 g/mol. The molecule has 60 valence electrons. The van der Waals surface area contributed by atoms with Crippen LogP contribution in [0.2, 0.25) is 0 Å². The molecule has 0 saturated carbocycles. The third-order valence-corrected chi connectivity index (χ3v) is 2.82. The second kappa shape index (κ2) is 5.88. The molecule has 1 unspecified atom stereocenters. The summed E-state index contributed by atoms with van der Waals surface area (Å²) in [5, 5.41) is 11.2. The SMILES string of the molecule is CNC(CSSC)C(=O)O. The van der Waals surface area contributed by atoms with Crippen LogP contribution in [-0.4, -0.2) is 36.2 Å². The van der Waals surface area contributed by atoms with Crippen LogP contribution in [0.25, 0.3) is 0 Å². The number of nitrogens with one attached hydrogen (secondary N) is 1. The van der Waals surface area contributed by atoms with E-state index in [1.165, 1.54) is 0 Å². The average molecular weight is 181 g/mol. The molecule has 0 aromatic heterocycles. The first-order valence-electron chi connectivity index (χ1n) is 2.78. The van der Waals surface area contributed by atoms with E-state index in [9.17, 15) is 4.79 Å². The summed E-state index contributed by atoms with van der Waals surface area (Å²) in [6, 6.07) is -0.419. The van der Waals surface area contributed by atoms with E-state index in [-0.39, 0.29) is 0 Å². The minimum atomic E-state index is -0.788. The number of carboxylic acid groups (broad SMARTS) is 1. The molecule has 0 aliphatic carbocycles. The molecule has 0 amide bonds. The fourth-order valence-electron chi connectivity index (χ4n) is 0.414. The molecule has 3 nitrogen and oxygen atoms in total. The number of rotatable bonds is 5. The number of hydrogen-bond donors (Lipinski definition) is 2. The van der Waals surface area contributed by atoms with E-state index in [1.54, 1.807) is 28.6 Å². The third-order valence-electron chi connectivity index (χ3n) is 0.999. The summed E-state index contributed by atoms with van der Waals surface area (Å²) in [4.78, 5) is 10.4. The molecule has 0 spiro atoms. The van der Waals surface area contributed by atoms with Gasteiger partial charge in [0.25, 0.3) is 0 Å². The quantitative estimate of drug-likeness (QED) is 0.611. The molecule has 1 atom stereocenters. The molecule has 0 bridgehead atoms. The molecule has 0 heterocycles. The van der Waals surface area contributed by atoms with Gasteiger partial charge in [-0.05, 0) is 13.3 Å². The number of carboxylic acids is 1. The van der Waals surface area contributed by atoms with Crippen molar-refractivity contribution in [2.24, 2.45) is 0 Å². The van der Waals surface area contributed by atoms with Crippen LogP contribution in [0.4, 0.5) is 0 Å². The van der Waals surface area contributed by atoms with Gasteiger partial charge >= 0.3 is 5.97 Å². The average Bonchev–Trinajstić information content (AvgIpc) is 1.89. The van der Waals surface area contributed by atoms with Crippen LogP contribution in [0.15, 0.2) is 0 Å². The molecule has 0 rings (SSSR count). The van der Waals surface area contributed by atoms with Gasteiger partial charge in [-0.25, -0.2) is 0 Å². The van der Waals surface area contributed by atoms with E-state index in [0.717, 1.165) is 0 Å². The summed E-state index contributed by atoms with van der Waals surface area (Å²) >= 11 is 0. The highest BCUT2D eigenvalue weighted by molar-refractivity contribution is 8.76. The summed E-state index contributed by atoms with van der Waals surface area (Å²) < 4.78 is 0. The molecule has 0 radical (unpaired) electrons. The predicted molar refractivity (Wildman–Crippen MR) is 46.5 cm³/mol. The second-order valence-corrected chi connectivity index (χ2v) is 4.24. The fourth-order valence-corrected chi connectivity index (χ4v) is 1.81. The summed E-state index contributed by atoms with van der Waals surface area (Å²) in [5.74, 6) is -0.184. The Bertz CT molecular complexity index is 110. The van der Waals surface area contributed by atoms with Crippen molar-refractivity contribution in [2.45, 2.75) is 6.04 Å². The molecule has 5 heteroatoms. The lowest BCUT2D eigenvalue weighted by molar-refractivity contribution is -0.138. The molecule has 0 aliphatic rings. The number of likely N-dealkylation sites (N-methyl/N-ethyl adjacent to an activating group) is 1. The molecule has 2 N–H and O–H groups in total. The van der Waals surface area contributed by atoms with Crippen molar-refractivity contribution >= 4 is 27.6 Å². The lowest BCUT2D eigenvalue weighted by Gasteiger charge is -2.07. The van der Waals surface area contributed by atoms with Crippen LogP contribution in [0.3, 0.4) is 0 Å². The third kappa shape index (κ3) is 4.03. The minimum absolute atomic E-state index is 0.419. The molecular weight excluding hydrogens is 170 g/mol. The van der Waals surface area contributed by atoms with Gasteiger partial charge in [0.05, 0.1) is 0 Å². The lowest BCUT2D eigenvalue weighted by atomic mass is 10.3. The molecule has 0 aromatic rings. The Morgan fingerprint density at radius 1 is 1.80 bits per heavy atom. The standard InChI is InChI=1S/C5H11NO2S2/c1-6-4(5(7)8)3-10-9-2/h4,6H,3H2,1-2H3,(H,7,8). The lowest BCUT2D eigenvalue weighted by Crippen LogP contribution is -2.35. The maximum Gasteiger partial charge on any atom is 0.321 e. The largest absolute Gasteiger partial charge is 0.480 e. The van der Waals surface area contributed by atoms with Crippen molar-refractivity contribution in [3.8, 4) is 0 Å². The van der Waals surface area contributed by atoms with Gasteiger partial charge in [0.1, 0.15) is 6.04 Å². The highest BCUT2D eigenvalue weighted by Crippen LogP contribution is 2.17. The van der Waals surface area contributed by atoms with Crippen LogP contribution in [0, 0.1) is 0 Å². The van der Waals surface area contributed by atoms with Crippen LogP contribution in [0.5, 0.6) is 0 Å². The first-order valence-corrected chi connectivity index (χ1v) is 5.50. The smallest absolute Gasteiger partial charge is 0.321 e. The first kappa shape index (κ1) is 10.1. The first-order chi connectivity index (χ1) is 4.72. The maximum atomic E-state index is 10.4. The molecule has 0 aromatic carbocycles. The summed E-state index contributed by atoms with van der Waals surface area (Å²) in [7, 11) is 4.77. The van der Waals surface area contributed by atoms with Crippen molar-refractivity contribution in [1.29, 1.82) is 0 Å². The maximum absolute atomic E-state index is 10.4. The molecule has 0 aliphatic heterocycles. The van der Waals surface area contributed by atoms with E-state index in [0.29, 0.717) is 5.75 Å². The zero-order chi connectivity index (χ0) is 7.98. The van der Waals surface area contributed by atoms with Crippen molar-refractivity contribution in [3.05, 3.63) is 0 Å². The Balaban J connectivity index is 3.50. The highest BCUT2D eigenvalue weighted by Gasteiger charge is 2.13. The van der Waals surface area contributed by atoms with Crippen LogP contribution >= 0.6 is 21.6 Å². The fraction of sp³-hybridized carbons (Fsp3) is 0.800. The summed E-state index contributed by atoms with van der Waals surface area (Å²) in [6.07, 6.45) is 1.93. The van der Waals surface area contributed by atoms with E-state index >= 15 is 0 Å². The van der Waals surface area contributed by atoms with Crippen LogP contribution in [-0.2, 0) is 4.79 Å². The zero-order valence-electron chi connectivity index (χ0n) is 5.96. The van der Waals surface area contributed by atoms with Gasteiger partial charge in [-0.1, -0.05) is 21.6 Å². The van der Waals surface area contributed by atoms with Crippen molar-refractivity contribution in [3.63, 3.8) is 0 Å². The van der Waals surface area contributed by atoms with Crippen molar-refractivity contribution < 1.29 is 9.90 Å². The van der Waals surface area contributed by atoms with E-state index in [2.05, 4.69) is 5.32 Å². The number of hydrogen-bond acceptors (Lipinski definition) is 4. The Morgan fingerprint density at radius 2 is 2.40 bits per heavy atom. The number of aliphatic carboxylic acids is 1. The summed E-state index contributed by atoms with van der Waals surface area (Å²) in [5.41, 5.74) is 0. The van der Waals surface area contributed by atoms with E-state index in [1.807, 2.05) is 6.26 Å². The molecular formula is C5H11NO2S2. The van der Waals surface area contributed by atoms with Gasteiger partial charge < -0.3 is 10.4 Å². The van der Waals surface area contributed by atoms with E-state index < -0.39 is 12.0 Å². The van der Waals surface area contributed by atoms with Gasteiger partial charge in [-0.15, -0.1) is 0 Å². The Kier molecular flexibility index (Phi) is 5.96. The van der Waals surface area contributed by atoms with Gasteiger partial charge in [-0.3, -0.25) is 4.79 Å². The topological polar surface area (TPSA) is 49.3 Å². The van der Waals surface area contributed by atoms with Gasteiger partial charge in [0.15, 0.2) is 0 Å². The second-order valence-electron chi connectivity index (χ2n) is 1.63. The Hall–Kier alpha value is 0.130. The summed E-state index contributed by atoms with van der Waals surface area (Å²) in [6.45, 7) is 0. The highest BCUT2D eigenvalue weighted by atomic mass is 33.1. The number of carbonyl (C=O) groups is 1. The molecule has 10 heavy (non-hydrogen) atoms. The Labute approximate surface area is 68.4 Å². The minimum Gasteiger partial charge on any atom is -0.480 e. The van der Waals surface area contributed by atoms with Crippen molar-refractivity contribution in [1.82, 2.24) is 5.32 Å². The molecule has 0 fully saturated rings. The normalized spacial score (nSPS) is 13.0. The predicted octanol–water partition coefficient (Wildman–Crippen LogP) is 0.670. The van der Waals surface area contributed by atoms with Crippen LogP contribution < -0.4 is 5.32 Å². The van der Waals surface area contributed by atoms with Gasteiger partial charge in [0.2, 0.25) is 0 Å². The Morgan fingerprint density at radius 3 is 2.70 bits per heavy atom. The molecule has 0 saturated heterocycles. The van der Waals surface area contributed by atoms with Crippen LogP contribution in [0.1, 0.15) is 0 Å².